The first-order valence-corrected chi connectivity index (χ1v) is 8.00. The van der Waals surface area contributed by atoms with Gasteiger partial charge in [-0.05, 0) is 36.4 Å². The fourth-order valence-electron chi connectivity index (χ4n) is 2.53. The first kappa shape index (κ1) is 19.2. The number of methoxy groups -OCH3 is 2. The summed E-state index contributed by atoms with van der Waals surface area (Å²) in [6.07, 6.45) is 0. The van der Waals surface area contributed by atoms with Crippen LogP contribution in [0.2, 0.25) is 0 Å². The molecule has 2 aromatic rings. The van der Waals surface area contributed by atoms with E-state index in [0.717, 1.165) is 0 Å². The largest absolute Gasteiger partial charge is 0.496 e. The van der Waals surface area contributed by atoms with E-state index < -0.39 is 0 Å². The predicted molar refractivity (Wildman–Crippen MR) is 96.3 cm³/mol. The van der Waals surface area contributed by atoms with E-state index in [2.05, 4.69) is 5.32 Å². The Labute approximate surface area is 151 Å². The predicted octanol–water partition coefficient (Wildman–Crippen LogP) is 2.63. The molecule has 0 aromatic heterocycles. The van der Waals surface area contributed by atoms with Gasteiger partial charge in [-0.2, -0.15) is 0 Å². The van der Waals surface area contributed by atoms with Gasteiger partial charge in [-0.3, -0.25) is 9.59 Å². The summed E-state index contributed by atoms with van der Waals surface area (Å²) in [7, 11) is 2.94. The first-order chi connectivity index (χ1) is 12.5. The summed E-state index contributed by atoms with van der Waals surface area (Å²) in [5, 5.41) is 2.75. The molecule has 2 aromatic carbocycles. The van der Waals surface area contributed by atoms with Gasteiger partial charge in [0, 0.05) is 25.7 Å². The molecular formula is C19H21FN2O4. The minimum atomic E-state index is -0.381. The van der Waals surface area contributed by atoms with Gasteiger partial charge in [0.1, 0.15) is 22.9 Å². The van der Waals surface area contributed by atoms with E-state index in [9.17, 15) is 14.0 Å². The number of benzene rings is 2. The van der Waals surface area contributed by atoms with Gasteiger partial charge >= 0.3 is 0 Å². The first-order valence-electron chi connectivity index (χ1n) is 8.00. The van der Waals surface area contributed by atoms with Crippen molar-refractivity contribution in [2.24, 2.45) is 0 Å². The molecule has 0 fully saturated rings. The second kappa shape index (κ2) is 8.84. The van der Waals surface area contributed by atoms with Crippen LogP contribution < -0.4 is 19.7 Å². The summed E-state index contributed by atoms with van der Waals surface area (Å²) in [5.41, 5.74) is 0.844. The lowest BCUT2D eigenvalue weighted by Crippen LogP contribution is -2.37. The number of anilines is 1. The summed E-state index contributed by atoms with van der Waals surface area (Å²) in [6.45, 7) is 1.86. The number of amides is 2. The monoisotopic (exact) mass is 360 g/mol. The van der Waals surface area contributed by atoms with Crippen LogP contribution in [0.25, 0.3) is 0 Å². The van der Waals surface area contributed by atoms with Crippen LogP contribution in [0.1, 0.15) is 17.3 Å². The zero-order chi connectivity index (χ0) is 19.1. The molecular weight excluding hydrogens is 339 g/mol. The van der Waals surface area contributed by atoms with E-state index >= 15 is 0 Å². The Morgan fingerprint density at radius 1 is 1.04 bits per heavy atom. The summed E-state index contributed by atoms with van der Waals surface area (Å²) in [5.74, 6) is -0.177. The number of rotatable bonds is 7. The highest BCUT2D eigenvalue weighted by molar-refractivity contribution is 6.00. The maximum Gasteiger partial charge on any atom is 0.258 e. The van der Waals surface area contributed by atoms with Crippen LogP contribution in [0.5, 0.6) is 11.5 Å². The molecule has 0 saturated carbocycles. The third-order valence-corrected chi connectivity index (χ3v) is 3.79. The van der Waals surface area contributed by atoms with Crippen molar-refractivity contribution in [2.45, 2.75) is 6.92 Å². The Kier molecular flexibility index (Phi) is 6.54. The second-order valence-corrected chi connectivity index (χ2v) is 5.44. The second-order valence-electron chi connectivity index (χ2n) is 5.44. The zero-order valence-corrected chi connectivity index (χ0v) is 14.9. The zero-order valence-electron chi connectivity index (χ0n) is 14.9. The van der Waals surface area contributed by atoms with Crippen molar-refractivity contribution in [2.75, 3.05) is 32.2 Å². The van der Waals surface area contributed by atoms with Gasteiger partial charge in [-0.15, -0.1) is 0 Å². The van der Waals surface area contributed by atoms with Crippen molar-refractivity contribution in [3.8, 4) is 11.5 Å². The van der Waals surface area contributed by atoms with Crippen LogP contribution in [-0.4, -0.2) is 39.1 Å². The third-order valence-electron chi connectivity index (χ3n) is 3.79. The molecule has 138 valence electrons. The van der Waals surface area contributed by atoms with E-state index in [4.69, 9.17) is 9.47 Å². The van der Waals surface area contributed by atoms with Gasteiger partial charge in [0.25, 0.3) is 5.91 Å². The lowest BCUT2D eigenvalue weighted by atomic mass is 10.1. The lowest BCUT2D eigenvalue weighted by molar-refractivity contribution is -0.116. The van der Waals surface area contributed by atoms with Crippen molar-refractivity contribution in [3.63, 3.8) is 0 Å². The maximum atomic E-state index is 13.1. The summed E-state index contributed by atoms with van der Waals surface area (Å²) < 4.78 is 23.5. The minimum Gasteiger partial charge on any atom is -0.496 e. The number of carbonyl (C=O) groups is 2. The molecule has 0 heterocycles. The average molecular weight is 360 g/mol. The van der Waals surface area contributed by atoms with Crippen molar-refractivity contribution in [3.05, 3.63) is 53.8 Å². The Balaban J connectivity index is 2.07. The van der Waals surface area contributed by atoms with Crippen LogP contribution in [0, 0.1) is 5.82 Å². The van der Waals surface area contributed by atoms with Gasteiger partial charge in [-0.25, -0.2) is 4.39 Å². The van der Waals surface area contributed by atoms with Crippen molar-refractivity contribution >= 4 is 17.5 Å². The van der Waals surface area contributed by atoms with Crippen LogP contribution in [-0.2, 0) is 4.79 Å². The molecule has 26 heavy (non-hydrogen) atoms. The minimum absolute atomic E-state index is 0.205. The Morgan fingerprint density at radius 2 is 1.62 bits per heavy atom. The molecule has 0 aliphatic rings. The lowest BCUT2D eigenvalue weighted by Gasteiger charge is -2.21. The van der Waals surface area contributed by atoms with Crippen LogP contribution in [0.3, 0.4) is 0 Å². The normalized spacial score (nSPS) is 10.2. The van der Waals surface area contributed by atoms with Gasteiger partial charge in [-0.1, -0.05) is 6.07 Å². The molecule has 2 amide bonds. The van der Waals surface area contributed by atoms with Crippen molar-refractivity contribution < 1.29 is 23.5 Å². The van der Waals surface area contributed by atoms with Gasteiger partial charge in [0.15, 0.2) is 0 Å². The quantitative estimate of drug-likeness (QED) is 0.824. The van der Waals surface area contributed by atoms with E-state index in [1.807, 2.05) is 0 Å². The van der Waals surface area contributed by atoms with E-state index in [1.54, 1.807) is 18.2 Å². The Bertz CT molecular complexity index is 755. The van der Waals surface area contributed by atoms with Gasteiger partial charge in [0.05, 0.1) is 14.2 Å². The molecule has 6 nitrogen and oxygen atoms in total. The summed E-state index contributed by atoms with van der Waals surface area (Å²) in [4.78, 5) is 25.8. The summed E-state index contributed by atoms with van der Waals surface area (Å²) in [6, 6.07) is 10.6. The molecule has 2 rings (SSSR count). The molecule has 0 spiro atoms. The fourth-order valence-corrected chi connectivity index (χ4v) is 2.53. The SMILES string of the molecule is COc1cccc(OC)c1C(=O)NCCN(C(C)=O)c1ccc(F)cc1. The molecule has 0 radical (unpaired) electrons. The van der Waals surface area contributed by atoms with E-state index in [0.29, 0.717) is 17.2 Å². The van der Waals surface area contributed by atoms with Crippen LogP contribution in [0.15, 0.2) is 42.5 Å². The van der Waals surface area contributed by atoms with Crippen molar-refractivity contribution in [1.82, 2.24) is 5.32 Å². The average Bonchev–Trinajstić information content (AvgIpc) is 2.65. The van der Waals surface area contributed by atoms with Gasteiger partial charge < -0.3 is 19.7 Å². The maximum absolute atomic E-state index is 13.1. The van der Waals surface area contributed by atoms with Crippen molar-refractivity contribution in [1.29, 1.82) is 0 Å². The standard InChI is InChI=1S/C19H21FN2O4/c1-13(23)22(15-9-7-14(20)8-10-15)12-11-21-19(24)18-16(25-2)5-4-6-17(18)26-3/h4-10H,11-12H2,1-3H3,(H,21,24). The summed E-state index contributed by atoms with van der Waals surface area (Å²) >= 11 is 0. The van der Waals surface area contributed by atoms with Crippen LogP contribution in [0.4, 0.5) is 10.1 Å². The number of nitrogens with zero attached hydrogens (tertiary/aromatic N) is 1. The topological polar surface area (TPSA) is 67.9 Å². The highest BCUT2D eigenvalue weighted by Crippen LogP contribution is 2.27. The molecule has 0 aliphatic heterocycles. The van der Waals surface area contributed by atoms with Crippen LogP contribution >= 0.6 is 0 Å². The molecule has 0 aliphatic carbocycles. The smallest absolute Gasteiger partial charge is 0.258 e. The number of nitrogens with one attached hydrogen (secondary N) is 1. The molecule has 0 atom stereocenters. The van der Waals surface area contributed by atoms with Gasteiger partial charge in [0.2, 0.25) is 5.91 Å². The highest BCUT2D eigenvalue weighted by atomic mass is 19.1. The number of halogens is 1. The Hall–Kier alpha value is -3.09. The molecule has 0 bridgehead atoms. The number of ether oxygens (including phenoxy) is 2. The third kappa shape index (κ3) is 4.50. The number of hydrogen-bond donors (Lipinski definition) is 1. The fraction of sp³-hybridized carbons (Fsp3) is 0.263. The number of hydrogen-bond acceptors (Lipinski definition) is 4. The van der Waals surface area contributed by atoms with E-state index in [-0.39, 0.29) is 36.3 Å². The molecule has 0 unspecified atom stereocenters. The number of carbonyl (C=O) groups excluding carboxylic acids is 2. The molecule has 1 N–H and O–H groups in total. The highest BCUT2D eigenvalue weighted by Gasteiger charge is 2.18. The molecule has 0 saturated heterocycles. The Morgan fingerprint density at radius 3 is 2.12 bits per heavy atom. The van der Waals surface area contributed by atoms with E-state index in [1.165, 1.54) is 50.3 Å². The molecule has 7 heteroatoms.